The van der Waals surface area contributed by atoms with E-state index in [9.17, 15) is 1.37 Å². The third kappa shape index (κ3) is 3.01. The summed E-state index contributed by atoms with van der Waals surface area (Å²) < 4.78 is 68.8. The van der Waals surface area contributed by atoms with Gasteiger partial charge in [-0.2, -0.15) is 0 Å². The molecule has 3 aromatic heterocycles. The van der Waals surface area contributed by atoms with Crippen molar-refractivity contribution in [1.82, 2.24) is 14.5 Å². The van der Waals surface area contributed by atoms with Crippen LogP contribution in [0.3, 0.4) is 0 Å². The second kappa shape index (κ2) is 8.01. The highest BCUT2D eigenvalue weighted by Gasteiger charge is 2.22. The summed E-state index contributed by atoms with van der Waals surface area (Å²) >= 11 is 0. The van der Waals surface area contributed by atoms with Crippen molar-refractivity contribution in [2.24, 2.45) is 0 Å². The number of benzene rings is 6. The fourth-order valence-corrected chi connectivity index (χ4v) is 5.62. The lowest BCUT2D eigenvalue weighted by Crippen LogP contribution is -2.01. The van der Waals surface area contributed by atoms with Gasteiger partial charge in [0.05, 0.1) is 20.6 Å². The maximum absolute atomic E-state index is 9.19. The molecule has 0 aliphatic rings. The molecule has 0 radical (unpaired) electrons. The van der Waals surface area contributed by atoms with E-state index in [0.29, 0.717) is 27.9 Å². The minimum Gasteiger partial charge on any atom is -0.450 e. The molecule has 0 spiro atoms. The van der Waals surface area contributed by atoms with Gasteiger partial charge in [0.1, 0.15) is 11.1 Å². The van der Waals surface area contributed by atoms with Crippen LogP contribution in [-0.2, 0) is 0 Å². The summed E-state index contributed by atoms with van der Waals surface area (Å²) in [5.41, 5.74) is 3.04. The standard InChI is InChI=1S/C36H21N3O/c1-2-10-23-19-26(18-17-22(23)9-1)35-37-33-28-14-6-8-16-32(28)40-34(33)36(38-35)39-30-15-7-5-13-27(30)29-20-24-11-3-4-12-25(24)21-31(29)39/h1-21H/i1D,2D,9D,10D,17D,18D,19D. The van der Waals surface area contributed by atoms with E-state index >= 15 is 0 Å². The number of aromatic nitrogens is 3. The third-order valence-corrected chi connectivity index (χ3v) is 7.43. The van der Waals surface area contributed by atoms with Crippen molar-refractivity contribution in [1.29, 1.82) is 0 Å². The van der Waals surface area contributed by atoms with Crippen LogP contribution in [0.5, 0.6) is 0 Å². The van der Waals surface area contributed by atoms with E-state index in [2.05, 4.69) is 18.2 Å². The molecule has 40 heavy (non-hydrogen) atoms. The molecule has 0 unspecified atom stereocenters. The predicted octanol–water partition coefficient (Wildman–Crippen LogP) is 9.45. The average molecular weight is 519 g/mol. The number of nitrogens with zero attached hydrogens (tertiary/aromatic N) is 3. The topological polar surface area (TPSA) is 43.9 Å². The molecule has 0 N–H and O–H groups in total. The van der Waals surface area contributed by atoms with Crippen LogP contribution in [0, 0.1) is 0 Å². The first-order valence-electron chi connectivity index (χ1n) is 16.4. The molecule has 0 fully saturated rings. The van der Waals surface area contributed by atoms with Crippen molar-refractivity contribution >= 4 is 65.4 Å². The second-order valence-electron chi connectivity index (χ2n) is 9.72. The smallest absolute Gasteiger partial charge is 0.197 e. The quantitative estimate of drug-likeness (QED) is 0.229. The van der Waals surface area contributed by atoms with Crippen LogP contribution < -0.4 is 0 Å². The molecule has 9 aromatic rings. The Hall–Kier alpha value is -5.48. The maximum atomic E-state index is 9.19. The van der Waals surface area contributed by atoms with Crippen LogP contribution in [0.15, 0.2) is 132 Å². The molecular weight excluding hydrogens is 490 g/mol. The molecular formula is C36H21N3O. The van der Waals surface area contributed by atoms with Crippen LogP contribution in [0.2, 0.25) is 0 Å². The SMILES string of the molecule is [2H]c1c([2H])c([2H])c2c([2H])c(-c3nc(-n4c5ccccc5c5cc6ccccc6cc54)c4oc5ccccc5c4n3)c([2H])c([2H])c2c1[2H]. The van der Waals surface area contributed by atoms with Gasteiger partial charge >= 0.3 is 0 Å². The molecule has 0 atom stereocenters. The lowest BCUT2D eigenvalue weighted by atomic mass is 10.1. The summed E-state index contributed by atoms with van der Waals surface area (Å²) in [6.07, 6.45) is 0. The normalized spacial score (nSPS) is 14.4. The van der Waals surface area contributed by atoms with Crippen LogP contribution in [-0.4, -0.2) is 14.5 Å². The fourth-order valence-electron chi connectivity index (χ4n) is 5.62. The first-order valence-corrected chi connectivity index (χ1v) is 12.9. The Kier molecular flexibility index (Phi) is 3.17. The molecule has 9 rings (SSSR count). The zero-order valence-corrected chi connectivity index (χ0v) is 20.8. The van der Waals surface area contributed by atoms with E-state index in [0.717, 1.165) is 32.6 Å². The molecule has 4 heteroatoms. The summed E-state index contributed by atoms with van der Waals surface area (Å²) in [7, 11) is 0. The van der Waals surface area contributed by atoms with Crippen LogP contribution in [0.4, 0.5) is 0 Å². The Balaban J connectivity index is 1.47. The molecule has 4 nitrogen and oxygen atoms in total. The fraction of sp³-hybridized carbons (Fsp3) is 0. The van der Waals surface area contributed by atoms with Gasteiger partial charge in [-0.05, 0) is 57.9 Å². The molecule has 0 aliphatic carbocycles. The summed E-state index contributed by atoms with van der Waals surface area (Å²) in [5.74, 6) is 0.353. The monoisotopic (exact) mass is 518 g/mol. The molecule has 186 valence electrons. The molecule has 0 saturated heterocycles. The lowest BCUT2D eigenvalue weighted by Gasteiger charge is -2.11. The molecule has 0 bridgehead atoms. The van der Waals surface area contributed by atoms with E-state index in [4.69, 9.17) is 22.6 Å². The summed E-state index contributed by atoms with van der Waals surface area (Å²) in [5, 5.41) is 4.48. The average Bonchev–Trinajstić information content (AvgIpc) is 3.62. The van der Waals surface area contributed by atoms with Gasteiger partial charge in [-0.1, -0.05) is 90.9 Å². The lowest BCUT2D eigenvalue weighted by molar-refractivity contribution is 0.662. The van der Waals surface area contributed by atoms with E-state index < -0.39 is 36.3 Å². The number of para-hydroxylation sites is 2. The van der Waals surface area contributed by atoms with Gasteiger partial charge in [0.15, 0.2) is 17.2 Å². The Morgan fingerprint density at radius 2 is 1.38 bits per heavy atom. The first-order chi connectivity index (χ1) is 22.7. The Labute approximate surface area is 238 Å². The highest BCUT2D eigenvalue weighted by molar-refractivity contribution is 6.15. The minimum atomic E-state index is -0.522. The molecule has 3 heterocycles. The van der Waals surface area contributed by atoms with Gasteiger partial charge in [0, 0.05) is 21.7 Å². The van der Waals surface area contributed by atoms with Crippen molar-refractivity contribution in [2.75, 3.05) is 0 Å². The first kappa shape index (κ1) is 15.8. The maximum Gasteiger partial charge on any atom is 0.197 e. The number of furan rings is 1. The molecule has 0 saturated carbocycles. The van der Waals surface area contributed by atoms with Gasteiger partial charge in [0.2, 0.25) is 0 Å². The van der Waals surface area contributed by atoms with E-state index in [1.165, 1.54) is 0 Å². The third-order valence-electron chi connectivity index (χ3n) is 7.43. The van der Waals surface area contributed by atoms with E-state index in [1.807, 2.05) is 71.3 Å². The zero-order valence-electron chi connectivity index (χ0n) is 27.8. The largest absolute Gasteiger partial charge is 0.450 e. The van der Waals surface area contributed by atoms with Crippen LogP contribution in [0.25, 0.3) is 82.6 Å². The van der Waals surface area contributed by atoms with Gasteiger partial charge in [-0.3, -0.25) is 4.57 Å². The Morgan fingerprint density at radius 3 is 2.27 bits per heavy atom. The minimum absolute atomic E-state index is 0.0245. The van der Waals surface area contributed by atoms with E-state index in [1.54, 1.807) is 0 Å². The van der Waals surface area contributed by atoms with Crippen molar-refractivity contribution in [3.63, 3.8) is 0 Å². The van der Waals surface area contributed by atoms with Crippen molar-refractivity contribution in [3.8, 4) is 17.2 Å². The summed E-state index contributed by atoms with van der Waals surface area (Å²) in [6, 6.07) is 24.6. The summed E-state index contributed by atoms with van der Waals surface area (Å²) in [6.45, 7) is 0. The highest BCUT2D eigenvalue weighted by Crippen LogP contribution is 2.39. The van der Waals surface area contributed by atoms with Gasteiger partial charge in [0.25, 0.3) is 0 Å². The zero-order chi connectivity index (χ0) is 32.3. The molecule has 6 aromatic carbocycles. The number of fused-ring (bicyclic) bond motifs is 8. The Bertz CT molecular complexity index is 2840. The van der Waals surface area contributed by atoms with Crippen LogP contribution in [0.1, 0.15) is 9.60 Å². The second-order valence-corrected chi connectivity index (χ2v) is 9.72. The van der Waals surface area contributed by atoms with Gasteiger partial charge < -0.3 is 4.42 Å². The summed E-state index contributed by atoms with van der Waals surface area (Å²) in [4.78, 5) is 9.84. The number of hydrogen-bond donors (Lipinski definition) is 0. The number of hydrogen-bond acceptors (Lipinski definition) is 3. The van der Waals surface area contributed by atoms with Crippen molar-refractivity contribution in [3.05, 3.63) is 127 Å². The van der Waals surface area contributed by atoms with Crippen molar-refractivity contribution < 1.29 is 14.0 Å². The van der Waals surface area contributed by atoms with Crippen LogP contribution >= 0.6 is 0 Å². The highest BCUT2D eigenvalue weighted by atomic mass is 16.3. The number of rotatable bonds is 2. The van der Waals surface area contributed by atoms with Gasteiger partial charge in [-0.15, -0.1) is 0 Å². The molecule has 0 amide bonds. The van der Waals surface area contributed by atoms with Crippen molar-refractivity contribution in [2.45, 2.75) is 0 Å². The molecule has 0 aliphatic heterocycles. The van der Waals surface area contributed by atoms with Gasteiger partial charge in [-0.25, -0.2) is 9.97 Å². The predicted molar refractivity (Wildman–Crippen MR) is 164 cm³/mol. The van der Waals surface area contributed by atoms with E-state index in [-0.39, 0.29) is 28.2 Å². The Morgan fingerprint density at radius 1 is 0.625 bits per heavy atom.